The van der Waals surface area contributed by atoms with Gasteiger partial charge in [-0.25, -0.2) is 14.8 Å². The van der Waals surface area contributed by atoms with Crippen molar-refractivity contribution in [1.29, 1.82) is 0 Å². The third kappa shape index (κ3) is 11.1. The van der Waals surface area contributed by atoms with Crippen LogP contribution >= 0.6 is 11.3 Å². The minimum absolute atomic E-state index is 0.125. The molecule has 0 spiro atoms. The molecule has 75 heavy (non-hydrogen) atoms. The average molecular weight is 1030 g/mol. The van der Waals surface area contributed by atoms with Gasteiger partial charge in [0.1, 0.15) is 17.2 Å². The van der Waals surface area contributed by atoms with Crippen molar-refractivity contribution in [3.05, 3.63) is 125 Å². The molecule has 388 valence electrons. The molecule has 3 amide bonds. The van der Waals surface area contributed by atoms with Gasteiger partial charge in [0.25, 0.3) is 5.91 Å². The molecule has 3 fully saturated rings. The number of aryl methyl sites for hydroxylation is 1. The molecule has 1 aliphatic carbocycles. The van der Waals surface area contributed by atoms with Crippen LogP contribution in [0.2, 0.25) is 0 Å². The second kappa shape index (κ2) is 21.2. The molecule has 2 saturated heterocycles. The molecule has 1 atom stereocenters. The monoisotopic (exact) mass is 1030 g/mol. The highest BCUT2D eigenvalue weighted by Gasteiger charge is 2.33. The summed E-state index contributed by atoms with van der Waals surface area (Å²) in [5.41, 5.74) is 7.42. The molecule has 4 aromatic carbocycles. The quantitative estimate of drug-likeness (QED) is 0.0831. The van der Waals surface area contributed by atoms with Crippen molar-refractivity contribution in [2.75, 3.05) is 54.4 Å². The Morgan fingerprint density at radius 1 is 0.827 bits per heavy atom. The number of anilines is 3. The number of amides is 3. The lowest BCUT2D eigenvalue weighted by atomic mass is 9.84. The van der Waals surface area contributed by atoms with Gasteiger partial charge in [0.2, 0.25) is 11.8 Å². The van der Waals surface area contributed by atoms with Crippen LogP contribution in [0.1, 0.15) is 116 Å². The maximum absolute atomic E-state index is 14.0. The van der Waals surface area contributed by atoms with E-state index in [0.29, 0.717) is 53.9 Å². The first-order chi connectivity index (χ1) is 36.3. The van der Waals surface area contributed by atoms with Crippen LogP contribution in [0.15, 0.2) is 97.1 Å². The van der Waals surface area contributed by atoms with Gasteiger partial charge in [0.05, 0.1) is 33.4 Å². The summed E-state index contributed by atoms with van der Waals surface area (Å²) >= 11 is 1.45. The zero-order valence-electron chi connectivity index (χ0n) is 43.3. The predicted molar refractivity (Wildman–Crippen MR) is 294 cm³/mol. The number of rotatable bonds is 13. The maximum Gasteiger partial charge on any atom is 0.358 e. The standard InChI is InChI=1S/C59H65N9O6S/c1-59(2,3)74-57(72)54-43(23-25-51(61-54)68-29-27-38-11-8-14-44(47(38)36-68)55(70)63-58-60-48-15-5-6-16-50(48)75-58)39-12-7-13-42(34-39)73-41-20-17-37(18-21-41)10-9-28-66-30-32-67(33-31-66)40-19-22-45-49(35-40)65(4)64-53(45)46-24-26-52(69)62-56(46)71/h5-8,11-16,19,22-23,25,34-35,37,41,46H,9-10,17-18,20-21,24,26-33,36H2,1-4H3,(H,60,63,70)(H,62,69,71)/t37-,41-,46?. The third-order valence-corrected chi connectivity index (χ3v) is 16.3. The van der Waals surface area contributed by atoms with Gasteiger partial charge in [0.15, 0.2) is 10.8 Å². The van der Waals surface area contributed by atoms with E-state index in [1.807, 2.05) is 105 Å². The number of nitrogens with zero attached hydrogens (tertiary/aromatic N) is 7. The van der Waals surface area contributed by atoms with E-state index in [2.05, 4.69) is 54.6 Å². The number of carbonyl (C=O) groups excluding carboxylic acids is 4. The minimum atomic E-state index is -0.727. The molecule has 1 saturated carbocycles. The van der Waals surface area contributed by atoms with Crippen LogP contribution < -0.4 is 25.2 Å². The summed E-state index contributed by atoms with van der Waals surface area (Å²) in [5, 5.41) is 11.8. The lowest BCUT2D eigenvalue weighted by Gasteiger charge is -2.36. The van der Waals surface area contributed by atoms with E-state index in [9.17, 15) is 19.2 Å². The van der Waals surface area contributed by atoms with Gasteiger partial charge < -0.3 is 19.3 Å². The molecule has 0 radical (unpaired) electrons. The fourth-order valence-electron chi connectivity index (χ4n) is 11.4. The normalized spacial score (nSPS) is 19.5. The van der Waals surface area contributed by atoms with Crippen LogP contribution in [-0.4, -0.2) is 99.3 Å². The van der Waals surface area contributed by atoms with Gasteiger partial charge in [-0.3, -0.25) is 34.6 Å². The topological polar surface area (TPSA) is 164 Å². The second-order valence-electron chi connectivity index (χ2n) is 21.6. The molecule has 11 rings (SSSR count). The Balaban J connectivity index is 0.680. The van der Waals surface area contributed by atoms with E-state index in [1.165, 1.54) is 29.9 Å². The number of ether oxygens (including phenoxy) is 2. The second-order valence-corrected chi connectivity index (χ2v) is 22.6. The molecule has 6 heterocycles. The van der Waals surface area contributed by atoms with E-state index in [0.717, 1.165) is 114 Å². The number of hydrogen-bond acceptors (Lipinski definition) is 13. The first kappa shape index (κ1) is 50.0. The van der Waals surface area contributed by atoms with Gasteiger partial charge in [-0.15, -0.1) is 0 Å². The summed E-state index contributed by atoms with van der Waals surface area (Å²) in [7, 11) is 1.92. The van der Waals surface area contributed by atoms with Crippen molar-refractivity contribution in [2.45, 2.75) is 103 Å². The van der Waals surface area contributed by atoms with Crippen molar-refractivity contribution < 1.29 is 28.7 Å². The molecule has 15 nitrogen and oxygen atoms in total. The number of piperidine rings is 1. The van der Waals surface area contributed by atoms with Crippen molar-refractivity contribution in [3.63, 3.8) is 0 Å². The molecule has 3 aliphatic heterocycles. The zero-order valence-corrected chi connectivity index (χ0v) is 44.1. The Hall–Kier alpha value is -7.17. The van der Waals surface area contributed by atoms with Crippen LogP contribution in [0.5, 0.6) is 5.75 Å². The van der Waals surface area contributed by atoms with Crippen LogP contribution in [0, 0.1) is 5.92 Å². The fraction of sp³-hybridized carbons (Fsp3) is 0.407. The molecular weight excluding hydrogens is 963 g/mol. The predicted octanol–water partition coefficient (Wildman–Crippen LogP) is 10.1. The van der Waals surface area contributed by atoms with Crippen molar-refractivity contribution in [1.82, 2.24) is 30.0 Å². The van der Waals surface area contributed by atoms with Gasteiger partial charge >= 0.3 is 5.97 Å². The van der Waals surface area contributed by atoms with Crippen LogP contribution in [0.4, 0.5) is 16.6 Å². The number of pyridine rings is 1. The van der Waals surface area contributed by atoms with Crippen molar-refractivity contribution in [3.8, 4) is 16.9 Å². The SMILES string of the molecule is Cn1nc(C2CCC(=O)NC2=O)c2ccc(N3CCN(CCC[C@H]4CC[C@H](Oc5cccc(-c6ccc(N7CCc8cccc(C(=O)Nc9nc%10ccccc%10s9)c8C7)nc6C(=O)OC(C)(C)C)c5)CC4)CC3)cc21. The number of nitrogens with one attached hydrogen (secondary N) is 2. The Morgan fingerprint density at radius 2 is 1.64 bits per heavy atom. The highest BCUT2D eigenvalue weighted by molar-refractivity contribution is 7.22. The summed E-state index contributed by atoms with van der Waals surface area (Å²) in [4.78, 5) is 69.0. The van der Waals surface area contributed by atoms with E-state index >= 15 is 0 Å². The Bertz CT molecular complexity index is 3260. The summed E-state index contributed by atoms with van der Waals surface area (Å²) in [6, 6.07) is 32.0. The Labute approximate surface area is 441 Å². The zero-order chi connectivity index (χ0) is 51.8. The van der Waals surface area contributed by atoms with Crippen molar-refractivity contribution in [2.24, 2.45) is 13.0 Å². The number of aromatic nitrogens is 4. The molecule has 4 aliphatic rings. The number of carbonyl (C=O) groups is 4. The Morgan fingerprint density at radius 3 is 2.44 bits per heavy atom. The molecule has 7 aromatic rings. The summed E-state index contributed by atoms with van der Waals surface area (Å²) < 4.78 is 15.5. The molecule has 16 heteroatoms. The molecule has 2 N–H and O–H groups in total. The molecule has 3 aromatic heterocycles. The van der Waals surface area contributed by atoms with E-state index < -0.39 is 17.5 Å². The van der Waals surface area contributed by atoms with E-state index in [1.54, 1.807) is 0 Å². The lowest BCUT2D eigenvalue weighted by Crippen LogP contribution is -2.46. The fourth-order valence-corrected chi connectivity index (χ4v) is 12.3. The smallest absolute Gasteiger partial charge is 0.358 e. The first-order valence-corrected chi connectivity index (χ1v) is 27.4. The van der Waals surface area contributed by atoms with Gasteiger partial charge in [0, 0.05) is 74.9 Å². The number of thiazole rings is 1. The molecular formula is C59H65N9O6S. The van der Waals surface area contributed by atoms with Gasteiger partial charge in [-0.05, 0) is 162 Å². The Kier molecular flexibility index (Phi) is 14.1. The lowest BCUT2D eigenvalue weighted by molar-refractivity contribution is -0.134. The number of piperazine rings is 1. The molecule has 0 bridgehead atoms. The van der Waals surface area contributed by atoms with Crippen molar-refractivity contribution >= 4 is 72.8 Å². The highest BCUT2D eigenvalue weighted by Crippen LogP contribution is 2.37. The summed E-state index contributed by atoms with van der Waals surface area (Å²) in [6.07, 6.45) is 8.37. The number of esters is 1. The minimum Gasteiger partial charge on any atom is -0.490 e. The highest BCUT2D eigenvalue weighted by atomic mass is 32.1. The molecule has 1 unspecified atom stereocenters. The number of fused-ring (bicyclic) bond motifs is 3. The summed E-state index contributed by atoms with van der Waals surface area (Å²) in [6.45, 7) is 11.8. The van der Waals surface area contributed by atoms with Crippen LogP contribution in [-0.2, 0) is 34.3 Å². The van der Waals surface area contributed by atoms with Crippen LogP contribution in [0.25, 0.3) is 32.2 Å². The first-order valence-electron chi connectivity index (χ1n) is 26.6. The number of benzene rings is 4. The maximum atomic E-state index is 14.0. The van der Waals surface area contributed by atoms with Crippen LogP contribution in [0.3, 0.4) is 0 Å². The number of hydrogen-bond donors (Lipinski definition) is 2. The van der Waals surface area contributed by atoms with E-state index in [4.69, 9.17) is 19.6 Å². The number of para-hydroxylation sites is 1. The van der Waals surface area contributed by atoms with E-state index in [-0.39, 0.29) is 29.5 Å². The number of imide groups is 1. The summed E-state index contributed by atoms with van der Waals surface area (Å²) in [5.74, 6) is 0.520. The largest absolute Gasteiger partial charge is 0.490 e. The third-order valence-electron chi connectivity index (χ3n) is 15.3. The van der Waals surface area contributed by atoms with Gasteiger partial charge in [-0.2, -0.15) is 5.10 Å². The average Bonchev–Trinajstić information content (AvgIpc) is 3.98. The van der Waals surface area contributed by atoms with Gasteiger partial charge in [-0.1, -0.05) is 47.7 Å².